The van der Waals surface area contributed by atoms with E-state index in [1.54, 1.807) is 7.11 Å². The van der Waals surface area contributed by atoms with Gasteiger partial charge in [0, 0.05) is 59.6 Å². The monoisotopic (exact) mass is 382 g/mol. The Morgan fingerprint density at radius 3 is 2.44 bits per heavy atom. The van der Waals surface area contributed by atoms with Crippen molar-refractivity contribution in [3.05, 3.63) is 0 Å². The number of nitrogens with zero attached hydrogens (tertiary/aromatic N) is 3. The first-order chi connectivity index (χ1) is 13.1. The van der Waals surface area contributed by atoms with Crippen molar-refractivity contribution < 1.29 is 9.47 Å². The van der Waals surface area contributed by atoms with Gasteiger partial charge in [0.05, 0.1) is 12.6 Å². The molecule has 0 aromatic rings. The molecule has 2 aliphatic heterocycles. The summed E-state index contributed by atoms with van der Waals surface area (Å²) in [6.07, 6.45) is 4.90. The summed E-state index contributed by atoms with van der Waals surface area (Å²) in [5, 5.41) is 3.48. The number of hydrogen-bond acceptors (Lipinski definition) is 4. The van der Waals surface area contributed by atoms with Gasteiger partial charge in [0.1, 0.15) is 0 Å². The Hall–Kier alpha value is -0.850. The Balaban J connectivity index is 1.73. The van der Waals surface area contributed by atoms with Crippen molar-refractivity contribution in [2.75, 3.05) is 66.1 Å². The number of piperidine rings is 2. The van der Waals surface area contributed by atoms with Crippen LogP contribution in [0.2, 0.25) is 0 Å². The second kappa shape index (κ2) is 12.6. The topological polar surface area (TPSA) is 49.3 Å². The number of nitrogens with one attached hydrogen (secondary N) is 1. The van der Waals surface area contributed by atoms with Crippen LogP contribution in [0, 0.1) is 11.8 Å². The molecule has 0 saturated carbocycles. The smallest absolute Gasteiger partial charge is 0.193 e. The van der Waals surface area contributed by atoms with Gasteiger partial charge in [-0.05, 0) is 44.4 Å². The molecule has 158 valence electrons. The van der Waals surface area contributed by atoms with Crippen molar-refractivity contribution in [3.8, 4) is 0 Å². The lowest BCUT2D eigenvalue weighted by Crippen LogP contribution is -2.47. The van der Waals surface area contributed by atoms with E-state index in [2.05, 4.69) is 35.9 Å². The van der Waals surface area contributed by atoms with E-state index in [1.807, 2.05) is 0 Å². The third-order valence-corrected chi connectivity index (χ3v) is 5.55. The lowest BCUT2D eigenvalue weighted by molar-refractivity contribution is 0.00990. The molecule has 6 nitrogen and oxygen atoms in total. The average Bonchev–Trinajstić information content (AvgIpc) is 2.64. The molecule has 2 saturated heterocycles. The van der Waals surface area contributed by atoms with E-state index in [1.165, 1.54) is 19.5 Å². The van der Waals surface area contributed by atoms with Crippen LogP contribution in [0.5, 0.6) is 0 Å². The summed E-state index contributed by atoms with van der Waals surface area (Å²) in [7, 11) is 1.74. The zero-order chi connectivity index (χ0) is 19.5. The fourth-order valence-corrected chi connectivity index (χ4v) is 4.39. The molecule has 6 heteroatoms. The van der Waals surface area contributed by atoms with Gasteiger partial charge in [-0.2, -0.15) is 0 Å². The van der Waals surface area contributed by atoms with E-state index in [4.69, 9.17) is 14.5 Å². The number of aliphatic imine (C=N–C) groups is 1. The normalized spacial score (nSPS) is 25.8. The van der Waals surface area contributed by atoms with Crippen LogP contribution in [0.4, 0.5) is 0 Å². The van der Waals surface area contributed by atoms with E-state index in [0.29, 0.717) is 6.10 Å². The van der Waals surface area contributed by atoms with Crippen molar-refractivity contribution in [2.24, 2.45) is 16.8 Å². The van der Waals surface area contributed by atoms with Gasteiger partial charge in [0.2, 0.25) is 0 Å². The molecule has 2 fully saturated rings. The molecule has 0 radical (unpaired) electrons. The standard InChI is InChI=1S/C21H42N4O2/c1-5-22-21(23-9-12-24-16-18(2)15-19(3)17-24)25-10-7-20(8-11-25)27-14-6-13-26-4/h18-20H,5-17H2,1-4H3,(H,22,23). The van der Waals surface area contributed by atoms with Gasteiger partial charge in [-0.3, -0.25) is 4.99 Å². The molecule has 0 amide bonds. The molecule has 0 aliphatic carbocycles. The maximum atomic E-state index is 5.98. The molecule has 2 aliphatic rings. The molecule has 2 rings (SSSR count). The van der Waals surface area contributed by atoms with Gasteiger partial charge < -0.3 is 24.6 Å². The highest BCUT2D eigenvalue weighted by Gasteiger charge is 2.23. The molecule has 0 spiro atoms. The fourth-order valence-electron chi connectivity index (χ4n) is 4.39. The van der Waals surface area contributed by atoms with Crippen molar-refractivity contribution in [3.63, 3.8) is 0 Å². The zero-order valence-corrected chi connectivity index (χ0v) is 18.1. The van der Waals surface area contributed by atoms with Crippen LogP contribution in [-0.4, -0.2) is 88.0 Å². The first-order valence-corrected chi connectivity index (χ1v) is 11.0. The quantitative estimate of drug-likeness (QED) is 0.377. The minimum absolute atomic E-state index is 0.386. The Kier molecular flexibility index (Phi) is 10.5. The Morgan fingerprint density at radius 2 is 1.81 bits per heavy atom. The van der Waals surface area contributed by atoms with Crippen LogP contribution in [0.15, 0.2) is 4.99 Å². The maximum absolute atomic E-state index is 5.98. The molecular weight excluding hydrogens is 340 g/mol. The van der Waals surface area contributed by atoms with Crippen LogP contribution < -0.4 is 5.32 Å². The zero-order valence-electron chi connectivity index (χ0n) is 18.1. The highest BCUT2D eigenvalue weighted by atomic mass is 16.5. The summed E-state index contributed by atoms with van der Waals surface area (Å²) in [6.45, 7) is 15.9. The molecule has 2 atom stereocenters. The van der Waals surface area contributed by atoms with E-state index >= 15 is 0 Å². The lowest BCUT2D eigenvalue weighted by atomic mass is 9.92. The van der Waals surface area contributed by atoms with Gasteiger partial charge in [-0.25, -0.2) is 0 Å². The number of methoxy groups -OCH3 is 1. The second-order valence-corrected chi connectivity index (χ2v) is 8.34. The third kappa shape index (κ3) is 8.36. The van der Waals surface area contributed by atoms with Crippen molar-refractivity contribution in [1.29, 1.82) is 0 Å². The predicted molar refractivity (Wildman–Crippen MR) is 112 cm³/mol. The van der Waals surface area contributed by atoms with Crippen LogP contribution in [-0.2, 0) is 9.47 Å². The van der Waals surface area contributed by atoms with Gasteiger partial charge in [0.15, 0.2) is 5.96 Å². The summed E-state index contributed by atoms with van der Waals surface area (Å²) >= 11 is 0. The number of rotatable bonds is 9. The summed E-state index contributed by atoms with van der Waals surface area (Å²) in [4.78, 5) is 9.92. The molecular formula is C21H42N4O2. The summed E-state index contributed by atoms with van der Waals surface area (Å²) in [5.74, 6) is 2.70. The minimum Gasteiger partial charge on any atom is -0.385 e. The molecule has 0 bridgehead atoms. The first kappa shape index (κ1) is 22.4. The van der Waals surface area contributed by atoms with Crippen LogP contribution in [0.3, 0.4) is 0 Å². The van der Waals surface area contributed by atoms with E-state index in [-0.39, 0.29) is 0 Å². The molecule has 27 heavy (non-hydrogen) atoms. The fraction of sp³-hybridized carbons (Fsp3) is 0.952. The number of ether oxygens (including phenoxy) is 2. The average molecular weight is 383 g/mol. The van der Waals surface area contributed by atoms with E-state index in [9.17, 15) is 0 Å². The largest absolute Gasteiger partial charge is 0.385 e. The van der Waals surface area contributed by atoms with Crippen LogP contribution in [0.1, 0.15) is 46.5 Å². The minimum atomic E-state index is 0.386. The molecule has 2 heterocycles. The molecule has 1 N–H and O–H groups in total. The van der Waals surface area contributed by atoms with Gasteiger partial charge in [-0.1, -0.05) is 13.8 Å². The van der Waals surface area contributed by atoms with E-state index < -0.39 is 0 Å². The first-order valence-electron chi connectivity index (χ1n) is 11.0. The second-order valence-electron chi connectivity index (χ2n) is 8.34. The molecule has 2 unspecified atom stereocenters. The molecule has 0 aromatic carbocycles. The van der Waals surface area contributed by atoms with Crippen molar-refractivity contribution >= 4 is 5.96 Å². The van der Waals surface area contributed by atoms with Crippen LogP contribution in [0.25, 0.3) is 0 Å². The highest BCUT2D eigenvalue weighted by Crippen LogP contribution is 2.20. The third-order valence-electron chi connectivity index (χ3n) is 5.55. The summed E-state index contributed by atoms with van der Waals surface area (Å²) < 4.78 is 11.1. The van der Waals surface area contributed by atoms with Crippen molar-refractivity contribution in [2.45, 2.75) is 52.6 Å². The van der Waals surface area contributed by atoms with Crippen LogP contribution >= 0.6 is 0 Å². The highest BCUT2D eigenvalue weighted by molar-refractivity contribution is 5.80. The van der Waals surface area contributed by atoms with Gasteiger partial charge in [-0.15, -0.1) is 0 Å². The number of likely N-dealkylation sites (tertiary alicyclic amines) is 2. The summed E-state index contributed by atoms with van der Waals surface area (Å²) in [6, 6.07) is 0. The maximum Gasteiger partial charge on any atom is 0.193 e. The van der Waals surface area contributed by atoms with Gasteiger partial charge in [0.25, 0.3) is 0 Å². The Bertz CT molecular complexity index is 414. The van der Waals surface area contributed by atoms with Crippen molar-refractivity contribution in [1.82, 2.24) is 15.1 Å². The van der Waals surface area contributed by atoms with Gasteiger partial charge >= 0.3 is 0 Å². The SMILES string of the molecule is CCNC(=NCCN1CC(C)CC(C)C1)N1CCC(OCCCOC)CC1. The summed E-state index contributed by atoms with van der Waals surface area (Å²) in [5.41, 5.74) is 0. The molecule has 0 aromatic heterocycles. The number of guanidine groups is 1. The number of hydrogen-bond donors (Lipinski definition) is 1. The Morgan fingerprint density at radius 1 is 1.11 bits per heavy atom. The lowest BCUT2D eigenvalue weighted by Gasteiger charge is -2.35. The van der Waals surface area contributed by atoms with E-state index in [0.717, 1.165) is 83.0 Å². The Labute approximate surface area is 166 Å². The predicted octanol–water partition coefficient (Wildman–Crippen LogP) is 2.45.